The minimum atomic E-state index is -0.142. The molecule has 2 aromatic carbocycles. The molecule has 0 aliphatic heterocycles. The number of hydrogen-bond acceptors (Lipinski definition) is 3. The van der Waals surface area contributed by atoms with Crippen molar-refractivity contribution in [1.29, 1.82) is 0 Å². The molecule has 0 bridgehead atoms. The maximum Gasteiger partial charge on any atom is 0.255 e. The molecular weight excluding hydrogens is 338 g/mol. The fraction of sp³-hybridized carbons (Fsp3) is 0.0952. The smallest absolute Gasteiger partial charge is 0.255 e. The Hall–Kier alpha value is -3.67. The summed E-state index contributed by atoms with van der Waals surface area (Å²) >= 11 is 0. The van der Waals surface area contributed by atoms with E-state index in [4.69, 9.17) is 0 Å². The zero-order chi connectivity index (χ0) is 18.6. The Morgan fingerprint density at radius 1 is 1.00 bits per heavy atom. The van der Waals surface area contributed by atoms with Gasteiger partial charge >= 0.3 is 0 Å². The van der Waals surface area contributed by atoms with Crippen LogP contribution in [-0.4, -0.2) is 25.2 Å². The van der Waals surface area contributed by atoms with Crippen LogP contribution >= 0.6 is 0 Å². The zero-order valence-corrected chi connectivity index (χ0v) is 14.9. The van der Waals surface area contributed by atoms with Gasteiger partial charge in [0.2, 0.25) is 0 Å². The van der Waals surface area contributed by atoms with Crippen molar-refractivity contribution >= 4 is 11.6 Å². The number of nitrogens with one attached hydrogen (secondary N) is 1. The van der Waals surface area contributed by atoms with Crippen molar-refractivity contribution in [3.05, 3.63) is 96.3 Å². The molecular formula is C21H19N5O. The highest BCUT2D eigenvalue weighted by Crippen LogP contribution is 2.19. The fourth-order valence-electron chi connectivity index (χ4n) is 2.92. The number of aromatic nitrogens is 4. The highest BCUT2D eigenvalue weighted by Gasteiger charge is 2.10. The molecule has 0 saturated heterocycles. The molecule has 2 heterocycles. The number of para-hydroxylation sites is 1. The molecule has 0 unspecified atom stereocenters. The van der Waals surface area contributed by atoms with Crippen molar-refractivity contribution in [2.24, 2.45) is 0 Å². The number of nitrogens with zero attached hydrogens (tertiary/aromatic N) is 4. The van der Waals surface area contributed by atoms with E-state index in [1.807, 2.05) is 66.3 Å². The van der Waals surface area contributed by atoms with E-state index in [1.54, 1.807) is 29.2 Å². The Balaban J connectivity index is 1.52. The van der Waals surface area contributed by atoms with E-state index >= 15 is 0 Å². The molecule has 2 aromatic heterocycles. The molecule has 0 aliphatic rings. The maximum atomic E-state index is 12.7. The van der Waals surface area contributed by atoms with Crippen LogP contribution in [0.15, 0.2) is 79.4 Å². The van der Waals surface area contributed by atoms with Crippen LogP contribution in [-0.2, 0) is 6.54 Å². The van der Waals surface area contributed by atoms with Crippen molar-refractivity contribution in [3.8, 4) is 5.69 Å². The molecule has 0 aliphatic carbocycles. The molecule has 4 aromatic rings. The summed E-state index contributed by atoms with van der Waals surface area (Å²) in [5, 5.41) is 7.21. The summed E-state index contributed by atoms with van der Waals surface area (Å²) in [4.78, 5) is 16.9. The number of amides is 1. The number of anilines is 1. The topological polar surface area (TPSA) is 64.7 Å². The Labute approximate surface area is 157 Å². The number of imidazole rings is 1. The second-order valence-corrected chi connectivity index (χ2v) is 6.21. The minimum absolute atomic E-state index is 0.142. The number of carbonyl (C=O) groups is 1. The molecule has 0 saturated carbocycles. The number of aryl methyl sites for hydroxylation is 1. The van der Waals surface area contributed by atoms with Crippen LogP contribution in [0.5, 0.6) is 0 Å². The van der Waals surface area contributed by atoms with Gasteiger partial charge in [-0.15, -0.1) is 0 Å². The Bertz CT molecular complexity index is 1050. The van der Waals surface area contributed by atoms with Gasteiger partial charge in [-0.25, -0.2) is 9.67 Å². The van der Waals surface area contributed by atoms with Gasteiger partial charge in [0.25, 0.3) is 5.91 Å². The lowest BCUT2D eigenvalue weighted by Gasteiger charge is -2.13. The molecule has 134 valence electrons. The van der Waals surface area contributed by atoms with Crippen molar-refractivity contribution in [2.45, 2.75) is 13.5 Å². The first-order valence-corrected chi connectivity index (χ1v) is 8.68. The summed E-state index contributed by atoms with van der Waals surface area (Å²) in [5.74, 6) is 0.794. The van der Waals surface area contributed by atoms with Crippen LogP contribution < -0.4 is 5.32 Å². The van der Waals surface area contributed by atoms with Crippen molar-refractivity contribution in [2.75, 3.05) is 5.32 Å². The Morgan fingerprint density at radius 2 is 1.81 bits per heavy atom. The van der Waals surface area contributed by atoms with E-state index in [-0.39, 0.29) is 5.91 Å². The van der Waals surface area contributed by atoms with Gasteiger partial charge in [-0.2, -0.15) is 5.10 Å². The molecule has 1 N–H and O–H groups in total. The normalized spacial score (nSPS) is 10.7. The summed E-state index contributed by atoms with van der Waals surface area (Å²) in [5.41, 5.74) is 3.33. The molecule has 27 heavy (non-hydrogen) atoms. The molecule has 0 radical (unpaired) electrons. The van der Waals surface area contributed by atoms with Crippen molar-refractivity contribution in [3.63, 3.8) is 0 Å². The second kappa shape index (κ2) is 7.29. The Morgan fingerprint density at radius 3 is 2.52 bits per heavy atom. The van der Waals surface area contributed by atoms with Gasteiger partial charge in [0, 0.05) is 36.0 Å². The monoisotopic (exact) mass is 357 g/mol. The highest BCUT2D eigenvalue weighted by molar-refractivity contribution is 6.04. The minimum Gasteiger partial charge on any atom is -0.331 e. The predicted octanol–water partition coefficient (Wildman–Crippen LogP) is 3.68. The lowest BCUT2D eigenvalue weighted by atomic mass is 10.1. The molecule has 6 heteroatoms. The molecule has 1 amide bonds. The average molecular weight is 357 g/mol. The SMILES string of the molecule is Cc1nccn1Cc1ccccc1NC(=O)c1ccc(-n2cccn2)cc1. The largest absolute Gasteiger partial charge is 0.331 e. The number of benzene rings is 2. The van der Waals surface area contributed by atoms with Gasteiger partial charge in [-0.05, 0) is 48.9 Å². The molecule has 6 nitrogen and oxygen atoms in total. The van der Waals surface area contributed by atoms with Gasteiger partial charge < -0.3 is 9.88 Å². The van der Waals surface area contributed by atoms with E-state index < -0.39 is 0 Å². The van der Waals surface area contributed by atoms with Crippen LogP contribution in [0.1, 0.15) is 21.7 Å². The third-order valence-electron chi connectivity index (χ3n) is 4.43. The first-order chi connectivity index (χ1) is 13.2. The van der Waals surface area contributed by atoms with Crippen LogP contribution in [0.4, 0.5) is 5.69 Å². The van der Waals surface area contributed by atoms with Gasteiger partial charge in [-0.3, -0.25) is 4.79 Å². The molecule has 4 rings (SSSR count). The van der Waals surface area contributed by atoms with Crippen LogP contribution in [0.25, 0.3) is 5.69 Å². The second-order valence-electron chi connectivity index (χ2n) is 6.21. The van der Waals surface area contributed by atoms with Gasteiger partial charge in [0.1, 0.15) is 5.82 Å². The van der Waals surface area contributed by atoms with E-state index in [0.29, 0.717) is 12.1 Å². The summed E-state index contributed by atoms with van der Waals surface area (Å²) in [7, 11) is 0. The lowest BCUT2D eigenvalue weighted by molar-refractivity contribution is 0.102. The van der Waals surface area contributed by atoms with E-state index in [2.05, 4.69) is 15.4 Å². The van der Waals surface area contributed by atoms with Crippen LogP contribution in [0.2, 0.25) is 0 Å². The van der Waals surface area contributed by atoms with Crippen LogP contribution in [0.3, 0.4) is 0 Å². The number of hydrogen-bond donors (Lipinski definition) is 1. The fourth-order valence-corrected chi connectivity index (χ4v) is 2.92. The van der Waals surface area contributed by atoms with E-state index in [1.165, 1.54) is 0 Å². The van der Waals surface area contributed by atoms with Crippen molar-refractivity contribution < 1.29 is 4.79 Å². The van der Waals surface area contributed by atoms with Gasteiger partial charge in [-0.1, -0.05) is 18.2 Å². The number of rotatable bonds is 5. The summed E-state index contributed by atoms with van der Waals surface area (Å²) in [6.45, 7) is 2.61. The maximum absolute atomic E-state index is 12.7. The summed E-state index contributed by atoms with van der Waals surface area (Å²) in [6.07, 6.45) is 7.29. The first-order valence-electron chi connectivity index (χ1n) is 8.68. The third-order valence-corrected chi connectivity index (χ3v) is 4.43. The number of carbonyl (C=O) groups excluding carboxylic acids is 1. The molecule has 0 spiro atoms. The highest BCUT2D eigenvalue weighted by atomic mass is 16.1. The zero-order valence-electron chi connectivity index (χ0n) is 14.9. The van der Waals surface area contributed by atoms with E-state index in [9.17, 15) is 4.79 Å². The third kappa shape index (κ3) is 3.64. The first kappa shape index (κ1) is 16.8. The molecule has 0 fully saturated rings. The Kier molecular flexibility index (Phi) is 4.53. The summed E-state index contributed by atoms with van der Waals surface area (Å²) < 4.78 is 3.80. The van der Waals surface area contributed by atoms with Crippen molar-refractivity contribution in [1.82, 2.24) is 19.3 Å². The average Bonchev–Trinajstić information content (AvgIpc) is 3.36. The summed E-state index contributed by atoms with van der Waals surface area (Å²) in [6, 6.07) is 17.0. The molecule has 0 atom stereocenters. The van der Waals surface area contributed by atoms with Crippen LogP contribution in [0, 0.1) is 6.92 Å². The van der Waals surface area contributed by atoms with Gasteiger partial charge in [0.05, 0.1) is 12.2 Å². The van der Waals surface area contributed by atoms with E-state index in [0.717, 1.165) is 22.8 Å². The quantitative estimate of drug-likeness (QED) is 0.593. The predicted molar refractivity (Wildman–Crippen MR) is 104 cm³/mol. The van der Waals surface area contributed by atoms with Gasteiger partial charge in [0.15, 0.2) is 0 Å². The standard InChI is InChI=1S/C21H19N5O/c1-16-22-12-14-25(16)15-18-5-2-3-6-20(18)24-21(27)17-7-9-19(10-8-17)26-13-4-11-23-26/h2-14H,15H2,1H3,(H,24,27). The lowest BCUT2D eigenvalue weighted by Crippen LogP contribution is -2.14.